The van der Waals surface area contributed by atoms with Crippen molar-refractivity contribution in [2.45, 2.75) is 32.7 Å². The zero-order valence-corrected chi connectivity index (χ0v) is 10.3. The standard InChI is InChI=1S/C10H14N4OS/c1-10(2,3)8-13-14-9(15-8)12-5-7-4-11-6-16-7/h4,6H,5H2,1-3H3,(H,12,14). The predicted octanol–water partition coefficient (Wildman–Crippen LogP) is 2.44. The lowest BCUT2D eigenvalue weighted by atomic mass is 9.97. The van der Waals surface area contributed by atoms with Crippen molar-refractivity contribution >= 4 is 17.4 Å². The van der Waals surface area contributed by atoms with Gasteiger partial charge in [0.25, 0.3) is 0 Å². The topological polar surface area (TPSA) is 63.8 Å². The van der Waals surface area contributed by atoms with Gasteiger partial charge in [-0.2, -0.15) is 0 Å². The minimum atomic E-state index is -0.114. The van der Waals surface area contributed by atoms with Crippen LogP contribution in [0.15, 0.2) is 16.1 Å². The summed E-state index contributed by atoms with van der Waals surface area (Å²) in [5, 5.41) is 11.0. The fourth-order valence-corrected chi connectivity index (χ4v) is 1.62. The second kappa shape index (κ2) is 4.21. The molecule has 0 unspecified atom stereocenters. The van der Waals surface area contributed by atoms with Crippen LogP contribution in [0.5, 0.6) is 0 Å². The molecule has 0 aromatic carbocycles. The van der Waals surface area contributed by atoms with Crippen LogP contribution in [0.2, 0.25) is 0 Å². The molecule has 0 amide bonds. The summed E-state index contributed by atoms with van der Waals surface area (Å²) in [7, 11) is 0. The molecule has 0 saturated carbocycles. The third-order valence-corrected chi connectivity index (χ3v) is 2.74. The van der Waals surface area contributed by atoms with Crippen LogP contribution in [0.3, 0.4) is 0 Å². The first-order valence-corrected chi connectivity index (χ1v) is 5.89. The molecule has 16 heavy (non-hydrogen) atoms. The van der Waals surface area contributed by atoms with Crippen LogP contribution in [-0.4, -0.2) is 15.2 Å². The molecular weight excluding hydrogens is 224 g/mol. The van der Waals surface area contributed by atoms with E-state index in [0.717, 1.165) is 4.88 Å². The van der Waals surface area contributed by atoms with Gasteiger partial charge < -0.3 is 9.73 Å². The molecule has 0 saturated heterocycles. The van der Waals surface area contributed by atoms with Crippen LogP contribution in [0.25, 0.3) is 0 Å². The van der Waals surface area contributed by atoms with E-state index in [4.69, 9.17) is 4.42 Å². The van der Waals surface area contributed by atoms with E-state index >= 15 is 0 Å². The van der Waals surface area contributed by atoms with E-state index in [1.54, 1.807) is 16.8 Å². The highest BCUT2D eigenvalue weighted by atomic mass is 32.1. The summed E-state index contributed by atoms with van der Waals surface area (Å²) in [6.07, 6.45) is 1.82. The van der Waals surface area contributed by atoms with Gasteiger partial charge in [0.05, 0.1) is 12.1 Å². The largest absolute Gasteiger partial charge is 0.408 e. The quantitative estimate of drug-likeness (QED) is 0.889. The van der Waals surface area contributed by atoms with Gasteiger partial charge in [0.2, 0.25) is 5.89 Å². The number of anilines is 1. The summed E-state index contributed by atoms with van der Waals surface area (Å²) in [5.74, 6) is 0.638. The van der Waals surface area contributed by atoms with Gasteiger partial charge in [0.1, 0.15) is 0 Å². The van der Waals surface area contributed by atoms with Gasteiger partial charge in [-0.1, -0.05) is 25.9 Å². The van der Waals surface area contributed by atoms with Crippen LogP contribution in [0.4, 0.5) is 6.01 Å². The zero-order valence-electron chi connectivity index (χ0n) is 9.52. The molecule has 0 aliphatic carbocycles. The Morgan fingerprint density at radius 2 is 2.19 bits per heavy atom. The molecule has 1 N–H and O–H groups in total. The molecule has 86 valence electrons. The van der Waals surface area contributed by atoms with Gasteiger partial charge in [-0.05, 0) is 0 Å². The van der Waals surface area contributed by atoms with Crippen molar-refractivity contribution in [1.82, 2.24) is 15.2 Å². The van der Waals surface area contributed by atoms with Crippen molar-refractivity contribution in [3.8, 4) is 0 Å². The van der Waals surface area contributed by atoms with Gasteiger partial charge in [-0.3, -0.25) is 4.98 Å². The van der Waals surface area contributed by atoms with Crippen LogP contribution in [0.1, 0.15) is 31.5 Å². The molecule has 2 rings (SSSR count). The van der Waals surface area contributed by atoms with E-state index in [2.05, 4.69) is 20.5 Å². The first kappa shape index (κ1) is 11.1. The number of thiazole rings is 1. The summed E-state index contributed by atoms with van der Waals surface area (Å²) >= 11 is 1.59. The minimum Gasteiger partial charge on any atom is -0.408 e. The second-order valence-electron chi connectivity index (χ2n) is 4.48. The van der Waals surface area contributed by atoms with Crippen molar-refractivity contribution in [2.24, 2.45) is 0 Å². The number of hydrogen-bond donors (Lipinski definition) is 1. The second-order valence-corrected chi connectivity index (χ2v) is 5.45. The summed E-state index contributed by atoms with van der Waals surface area (Å²) in [5.41, 5.74) is 1.68. The molecule has 0 radical (unpaired) electrons. The van der Waals surface area contributed by atoms with E-state index in [1.165, 1.54) is 0 Å². The molecular formula is C10H14N4OS. The molecule has 6 heteroatoms. The number of nitrogens with zero attached hydrogens (tertiary/aromatic N) is 3. The van der Waals surface area contributed by atoms with Crippen LogP contribution in [0, 0.1) is 0 Å². The monoisotopic (exact) mass is 238 g/mol. The Bertz CT molecular complexity index is 444. The lowest BCUT2D eigenvalue weighted by molar-refractivity contribution is 0.399. The number of rotatable bonds is 3. The van der Waals surface area contributed by atoms with Gasteiger partial charge >= 0.3 is 6.01 Å². The summed E-state index contributed by atoms with van der Waals surface area (Å²) < 4.78 is 5.50. The third-order valence-electron chi connectivity index (χ3n) is 1.96. The Balaban J connectivity index is 1.98. The Morgan fingerprint density at radius 3 is 2.75 bits per heavy atom. The Morgan fingerprint density at radius 1 is 1.38 bits per heavy atom. The fourth-order valence-electron chi connectivity index (χ4n) is 1.09. The van der Waals surface area contributed by atoms with E-state index in [0.29, 0.717) is 18.5 Å². The lowest BCUT2D eigenvalue weighted by Gasteiger charge is -2.10. The van der Waals surface area contributed by atoms with Crippen LogP contribution >= 0.6 is 11.3 Å². The Hall–Kier alpha value is -1.43. The average Bonchev–Trinajstić information content (AvgIpc) is 2.85. The molecule has 0 spiro atoms. The van der Waals surface area contributed by atoms with E-state index < -0.39 is 0 Å². The van der Waals surface area contributed by atoms with E-state index in [9.17, 15) is 0 Å². The number of hydrogen-bond acceptors (Lipinski definition) is 6. The molecule has 0 aliphatic rings. The van der Waals surface area contributed by atoms with E-state index in [1.807, 2.05) is 27.0 Å². The zero-order chi connectivity index (χ0) is 11.6. The van der Waals surface area contributed by atoms with Crippen LogP contribution in [-0.2, 0) is 12.0 Å². The van der Waals surface area contributed by atoms with Crippen molar-refractivity contribution in [2.75, 3.05) is 5.32 Å². The molecule has 2 aromatic heterocycles. The van der Waals surface area contributed by atoms with Gasteiger partial charge in [-0.25, -0.2) is 0 Å². The Kier molecular flexibility index (Phi) is 2.91. The minimum absolute atomic E-state index is 0.114. The maximum absolute atomic E-state index is 5.50. The molecule has 0 fully saturated rings. The first-order valence-electron chi connectivity index (χ1n) is 5.01. The maximum Gasteiger partial charge on any atom is 0.315 e. The molecule has 0 bridgehead atoms. The smallest absolute Gasteiger partial charge is 0.315 e. The SMILES string of the molecule is CC(C)(C)c1nnc(NCc2cncs2)o1. The van der Waals surface area contributed by atoms with Crippen molar-refractivity contribution in [3.05, 3.63) is 22.5 Å². The molecule has 2 heterocycles. The van der Waals surface area contributed by atoms with Crippen molar-refractivity contribution < 1.29 is 4.42 Å². The van der Waals surface area contributed by atoms with Crippen molar-refractivity contribution in [3.63, 3.8) is 0 Å². The highest BCUT2D eigenvalue weighted by Gasteiger charge is 2.21. The summed E-state index contributed by atoms with van der Waals surface area (Å²) in [4.78, 5) is 5.13. The summed E-state index contributed by atoms with van der Waals surface area (Å²) in [6.45, 7) is 6.77. The lowest BCUT2D eigenvalue weighted by Crippen LogP contribution is -2.11. The van der Waals surface area contributed by atoms with Gasteiger partial charge in [-0.15, -0.1) is 16.4 Å². The highest BCUT2D eigenvalue weighted by molar-refractivity contribution is 7.09. The van der Waals surface area contributed by atoms with Gasteiger partial charge in [0, 0.05) is 16.5 Å². The highest BCUT2D eigenvalue weighted by Crippen LogP contribution is 2.22. The average molecular weight is 238 g/mol. The third kappa shape index (κ3) is 2.57. The molecule has 0 atom stereocenters. The normalized spacial score (nSPS) is 11.7. The first-order chi connectivity index (χ1) is 7.55. The predicted molar refractivity (Wildman–Crippen MR) is 62.4 cm³/mol. The Labute approximate surface area is 97.9 Å². The summed E-state index contributed by atoms with van der Waals surface area (Å²) in [6, 6.07) is 0.457. The molecule has 5 nitrogen and oxygen atoms in total. The van der Waals surface area contributed by atoms with Gasteiger partial charge in [0.15, 0.2) is 0 Å². The number of aromatic nitrogens is 3. The van der Waals surface area contributed by atoms with E-state index in [-0.39, 0.29) is 5.41 Å². The molecule has 2 aromatic rings. The maximum atomic E-state index is 5.50. The van der Waals surface area contributed by atoms with Crippen molar-refractivity contribution in [1.29, 1.82) is 0 Å². The number of nitrogens with one attached hydrogen (secondary N) is 1. The fraction of sp³-hybridized carbons (Fsp3) is 0.500. The van der Waals surface area contributed by atoms with Crippen LogP contribution < -0.4 is 5.32 Å². The molecule has 0 aliphatic heterocycles.